The van der Waals surface area contributed by atoms with Gasteiger partial charge < -0.3 is 14.7 Å². The molecular formula is C21H19N7O3S2. The van der Waals surface area contributed by atoms with Crippen LogP contribution >= 0.6 is 11.9 Å². The first kappa shape index (κ1) is 21.4. The number of oxazole rings is 1. The van der Waals surface area contributed by atoms with E-state index in [1.807, 2.05) is 6.07 Å². The van der Waals surface area contributed by atoms with Gasteiger partial charge in [-0.15, -0.1) is 0 Å². The van der Waals surface area contributed by atoms with E-state index in [2.05, 4.69) is 36.0 Å². The molecule has 0 bridgehead atoms. The Balaban J connectivity index is 1.30. The van der Waals surface area contributed by atoms with Gasteiger partial charge in [0.25, 0.3) is 0 Å². The predicted molar refractivity (Wildman–Crippen MR) is 123 cm³/mol. The number of aromatic nitrogens is 4. The van der Waals surface area contributed by atoms with Crippen molar-refractivity contribution in [3.05, 3.63) is 48.5 Å². The molecule has 12 heteroatoms. The second kappa shape index (κ2) is 8.51. The molecule has 4 heterocycles. The first-order valence-electron chi connectivity index (χ1n) is 10.1. The summed E-state index contributed by atoms with van der Waals surface area (Å²) in [5.74, 6) is 0.196. The second-order valence-electron chi connectivity index (χ2n) is 7.77. The second-order valence-corrected chi connectivity index (χ2v) is 10.6. The third-order valence-electron chi connectivity index (χ3n) is 5.35. The SMILES string of the molecule is CS(=O)(=O)c1cnc(-c2cnc3[nH]ccc3c2NC2CC(NSc3cc(C#N)ccn3)C2)o1. The highest BCUT2D eigenvalue weighted by Crippen LogP contribution is 2.37. The number of fused-ring (bicyclic) bond motifs is 1. The number of hydrogen-bond acceptors (Lipinski definition) is 10. The summed E-state index contributed by atoms with van der Waals surface area (Å²) in [7, 11) is -3.50. The quantitative estimate of drug-likeness (QED) is 0.336. The lowest BCUT2D eigenvalue weighted by Crippen LogP contribution is -2.45. The summed E-state index contributed by atoms with van der Waals surface area (Å²) in [5.41, 5.74) is 2.68. The van der Waals surface area contributed by atoms with E-state index in [1.165, 1.54) is 18.1 Å². The largest absolute Gasteiger partial charge is 0.425 e. The van der Waals surface area contributed by atoms with Crippen LogP contribution in [0.2, 0.25) is 0 Å². The lowest BCUT2D eigenvalue weighted by Gasteiger charge is -2.37. The predicted octanol–water partition coefficient (Wildman–Crippen LogP) is 3.13. The standard InChI is InChI=1S/C21H19N7O3S2/c1-33(29,30)18-11-26-21(31-18)16-10-25-20-15(3-5-24-20)19(16)27-13-7-14(8-13)28-32-17-6-12(9-22)2-4-23-17/h2-6,10-11,13-14,28H,7-8H2,1H3,(H2,24,25,27). The van der Waals surface area contributed by atoms with Crippen LogP contribution in [-0.4, -0.2) is 46.7 Å². The Hall–Kier alpha value is -3.40. The smallest absolute Gasteiger partial charge is 0.238 e. The van der Waals surface area contributed by atoms with Crippen molar-refractivity contribution in [3.63, 3.8) is 0 Å². The highest BCUT2D eigenvalue weighted by molar-refractivity contribution is 7.97. The molecule has 0 saturated heterocycles. The maximum atomic E-state index is 11.8. The van der Waals surface area contributed by atoms with Crippen molar-refractivity contribution in [1.29, 1.82) is 5.26 Å². The van der Waals surface area contributed by atoms with Gasteiger partial charge in [-0.3, -0.25) is 4.72 Å². The fourth-order valence-electron chi connectivity index (χ4n) is 3.60. The minimum absolute atomic E-state index is 0.184. The topological polar surface area (TPSA) is 150 Å². The highest BCUT2D eigenvalue weighted by atomic mass is 32.2. The molecule has 10 nitrogen and oxygen atoms in total. The molecule has 1 fully saturated rings. The van der Waals surface area contributed by atoms with E-state index in [4.69, 9.17) is 9.68 Å². The molecule has 1 aliphatic carbocycles. The van der Waals surface area contributed by atoms with Crippen molar-refractivity contribution in [2.24, 2.45) is 0 Å². The van der Waals surface area contributed by atoms with Crippen molar-refractivity contribution < 1.29 is 12.8 Å². The van der Waals surface area contributed by atoms with E-state index >= 15 is 0 Å². The van der Waals surface area contributed by atoms with Crippen molar-refractivity contribution in [2.75, 3.05) is 11.6 Å². The Labute approximate surface area is 193 Å². The van der Waals surface area contributed by atoms with Gasteiger partial charge in [-0.2, -0.15) is 5.26 Å². The van der Waals surface area contributed by atoms with Crippen LogP contribution in [0.4, 0.5) is 5.69 Å². The van der Waals surface area contributed by atoms with E-state index in [9.17, 15) is 8.42 Å². The number of sulfone groups is 1. The number of aromatic amines is 1. The molecule has 3 N–H and O–H groups in total. The number of nitrogens with one attached hydrogen (secondary N) is 3. The van der Waals surface area contributed by atoms with Gasteiger partial charge in [-0.05, 0) is 43.0 Å². The summed E-state index contributed by atoms with van der Waals surface area (Å²) in [6.45, 7) is 0. The number of pyridine rings is 2. The lowest BCUT2D eigenvalue weighted by atomic mass is 9.87. The highest BCUT2D eigenvalue weighted by Gasteiger charge is 2.31. The summed E-state index contributed by atoms with van der Waals surface area (Å²) in [6.07, 6.45) is 9.09. The number of nitrogens with zero attached hydrogens (tertiary/aromatic N) is 4. The van der Waals surface area contributed by atoms with Gasteiger partial charge in [0.2, 0.25) is 20.8 Å². The number of rotatable bonds is 7. The van der Waals surface area contributed by atoms with Crippen molar-refractivity contribution in [1.82, 2.24) is 24.7 Å². The lowest BCUT2D eigenvalue weighted by molar-refractivity contribution is 0.355. The third-order valence-corrected chi connectivity index (χ3v) is 7.15. The Morgan fingerprint density at radius 1 is 1.21 bits per heavy atom. The fourth-order valence-corrected chi connectivity index (χ4v) is 4.85. The summed E-state index contributed by atoms with van der Waals surface area (Å²) in [4.78, 5) is 15.9. The fraction of sp³-hybridized carbons (Fsp3) is 0.238. The molecule has 0 radical (unpaired) electrons. The molecule has 0 aromatic carbocycles. The normalized spacial score (nSPS) is 18.1. The maximum Gasteiger partial charge on any atom is 0.238 e. The first-order valence-corrected chi connectivity index (χ1v) is 12.8. The Bertz CT molecular complexity index is 1470. The van der Waals surface area contributed by atoms with E-state index in [1.54, 1.807) is 30.7 Å². The van der Waals surface area contributed by atoms with Gasteiger partial charge in [-0.1, -0.05) is 0 Å². The van der Waals surface area contributed by atoms with Crippen molar-refractivity contribution >= 4 is 38.5 Å². The Kier molecular flexibility index (Phi) is 5.53. The van der Waals surface area contributed by atoms with Crippen LogP contribution in [0.25, 0.3) is 22.5 Å². The molecule has 4 aromatic heterocycles. The monoisotopic (exact) mass is 481 g/mol. The first-order chi connectivity index (χ1) is 15.9. The molecule has 1 saturated carbocycles. The van der Waals surface area contributed by atoms with Crippen LogP contribution < -0.4 is 10.0 Å². The molecule has 0 unspecified atom stereocenters. The molecule has 0 aliphatic heterocycles. The molecule has 1 aliphatic rings. The van der Waals surface area contributed by atoms with Crippen LogP contribution in [0, 0.1) is 11.3 Å². The van der Waals surface area contributed by atoms with Crippen molar-refractivity contribution in [3.8, 4) is 17.5 Å². The zero-order valence-corrected chi connectivity index (χ0v) is 19.1. The van der Waals surface area contributed by atoms with E-state index in [0.29, 0.717) is 16.8 Å². The van der Waals surface area contributed by atoms with Gasteiger partial charge in [0.05, 0.1) is 29.1 Å². The van der Waals surface area contributed by atoms with Gasteiger partial charge in [0.1, 0.15) is 10.7 Å². The van der Waals surface area contributed by atoms with Crippen molar-refractivity contribution in [2.45, 2.75) is 35.0 Å². The Morgan fingerprint density at radius 3 is 2.82 bits per heavy atom. The molecular weight excluding hydrogens is 462 g/mol. The number of anilines is 1. The summed E-state index contributed by atoms with van der Waals surface area (Å²) < 4.78 is 32.5. The summed E-state index contributed by atoms with van der Waals surface area (Å²) >= 11 is 1.41. The third kappa shape index (κ3) is 4.43. The Morgan fingerprint density at radius 2 is 2.06 bits per heavy atom. The van der Waals surface area contributed by atoms with E-state index in [0.717, 1.165) is 35.2 Å². The van der Waals surface area contributed by atoms with Crippen LogP contribution in [0.15, 0.2) is 57.5 Å². The average Bonchev–Trinajstić information content (AvgIpc) is 3.45. The van der Waals surface area contributed by atoms with E-state index in [-0.39, 0.29) is 23.1 Å². The van der Waals surface area contributed by atoms with Crippen LogP contribution in [-0.2, 0) is 9.84 Å². The van der Waals surface area contributed by atoms with Gasteiger partial charge in [0, 0.05) is 42.3 Å². The van der Waals surface area contributed by atoms with Crippen LogP contribution in [0.5, 0.6) is 0 Å². The molecule has 5 rings (SSSR count). The minimum atomic E-state index is -3.50. The number of H-pyrrole nitrogens is 1. The molecule has 33 heavy (non-hydrogen) atoms. The minimum Gasteiger partial charge on any atom is -0.425 e. The van der Waals surface area contributed by atoms with Crippen LogP contribution in [0.3, 0.4) is 0 Å². The zero-order chi connectivity index (χ0) is 23.0. The summed E-state index contributed by atoms with van der Waals surface area (Å²) in [6, 6.07) is 7.93. The number of nitriles is 1. The molecule has 168 valence electrons. The molecule has 0 spiro atoms. The summed E-state index contributed by atoms with van der Waals surface area (Å²) in [5, 5.41) is 14.0. The number of hydrogen-bond donors (Lipinski definition) is 3. The maximum absolute atomic E-state index is 11.8. The van der Waals surface area contributed by atoms with Gasteiger partial charge in [0.15, 0.2) is 0 Å². The van der Waals surface area contributed by atoms with Gasteiger partial charge in [-0.25, -0.2) is 23.4 Å². The van der Waals surface area contributed by atoms with Gasteiger partial charge >= 0.3 is 0 Å². The van der Waals surface area contributed by atoms with Crippen LogP contribution in [0.1, 0.15) is 18.4 Å². The molecule has 4 aromatic rings. The molecule has 0 amide bonds. The average molecular weight is 482 g/mol. The van der Waals surface area contributed by atoms with E-state index < -0.39 is 9.84 Å². The molecule has 0 atom stereocenters. The zero-order valence-electron chi connectivity index (χ0n) is 17.4.